The quantitative estimate of drug-likeness (QED) is 0.562. The summed E-state index contributed by atoms with van der Waals surface area (Å²) in [7, 11) is 0. The smallest absolute Gasteiger partial charge is 0.384 e. The van der Waals surface area contributed by atoms with Crippen LogP contribution in [-0.2, 0) is 16.6 Å². The zero-order chi connectivity index (χ0) is 25.9. The summed E-state index contributed by atoms with van der Waals surface area (Å²) < 4.78 is 38.6. The van der Waals surface area contributed by atoms with Crippen molar-refractivity contribution in [2.45, 2.75) is 62.9 Å². The molecule has 2 aromatic rings. The molecular formula is C26H31F3N4O3. The van der Waals surface area contributed by atoms with E-state index in [9.17, 15) is 27.9 Å². The Morgan fingerprint density at radius 3 is 2.56 bits per heavy atom. The molecular weight excluding hydrogens is 473 g/mol. The molecule has 2 amide bonds. The number of pyridine rings is 1. The van der Waals surface area contributed by atoms with Crippen LogP contribution in [0.3, 0.4) is 0 Å². The lowest BCUT2D eigenvalue weighted by Crippen LogP contribution is -2.45. The Balaban J connectivity index is 1.22. The predicted octanol–water partition coefficient (Wildman–Crippen LogP) is 3.16. The van der Waals surface area contributed by atoms with Crippen molar-refractivity contribution in [1.29, 1.82) is 0 Å². The van der Waals surface area contributed by atoms with Crippen molar-refractivity contribution >= 4 is 11.8 Å². The summed E-state index contributed by atoms with van der Waals surface area (Å²) in [5.74, 6) is -1.12. The maximum atomic E-state index is 12.9. The van der Waals surface area contributed by atoms with Gasteiger partial charge in [-0.3, -0.25) is 19.5 Å². The summed E-state index contributed by atoms with van der Waals surface area (Å²) in [5, 5.41) is 16.4. The van der Waals surface area contributed by atoms with Gasteiger partial charge in [-0.15, -0.1) is 0 Å². The van der Waals surface area contributed by atoms with Crippen molar-refractivity contribution in [1.82, 2.24) is 20.5 Å². The normalized spacial score (nSPS) is 24.9. The number of hydrogen-bond donors (Lipinski definition) is 3. The van der Waals surface area contributed by atoms with Crippen molar-refractivity contribution in [3.63, 3.8) is 0 Å². The molecule has 2 fully saturated rings. The van der Waals surface area contributed by atoms with Gasteiger partial charge in [0.15, 0.2) is 0 Å². The molecule has 1 saturated heterocycles. The average molecular weight is 505 g/mol. The highest BCUT2D eigenvalue weighted by Gasteiger charge is 2.39. The van der Waals surface area contributed by atoms with Crippen LogP contribution >= 0.6 is 0 Å². The molecule has 0 bridgehead atoms. The predicted molar refractivity (Wildman–Crippen MR) is 127 cm³/mol. The van der Waals surface area contributed by atoms with Crippen LogP contribution in [0.2, 0.25) is 0 Å². The maximum absolute atomic E-state index is 12.9. The number of nitrogens with one attached hydrogen (secondary N) is 2. The van der Waals surface area contributed by atoms with Crippen LogP contribution in [-0.4, -0.2) is 58.5 Å². The summed E-state index contributed by atoms with van der Waals surface area (Å²) in [4.78, 5) is 31.4. The number of rotatable bonds is 6. The van der Waals surface area contributed by atoms with E-state index in [0.29, 0.717) is 25.4 Å². The number of carbonyl (C=O) groups is 2. The molecule has 194 valence electrons. The SMILES string of the molecule is Cc1cccc(C2(O)CCC(N3CCC(NC(=O)CNC(=O)c4cccc(C(F)(F)F)c4)C3)CC2)n1. The Morgan fingerprint density at radius 1 is 1.14 bits per heavy atom. The molecule has 2 heterocycles. The van der Waals surface area contributed by atoms with Gasteiger partial charge in [-0.1, -0.05) is 12.1 Å². The van der Waals surface area contributed by atoms with E-state index in [1.807, 2.05) is 25.1 Å². The second-order valence-corrected chi connectivity index (χ2v) is 9.74. The lowest BCUT2D eigenvalue weighted by atomic mass is 9.79. The highest BCUT2D eigenvalue weighted by atomic mass is 19.4. The van der Waals surface area contributed by atoms with E-state index in [1.165, 1.54) is 6.07 Å². The van der Waals surface area contributed by atoms with E-state index in [1.54, 1.807) is 0 Å². The maximum Gasteiger partial charge on any atom is 0.416 e. The van der Waals surface area contributed by atoms with Gasteiger partial charge < -0.3 is 15.7 Å². The summed E-state index contributed by atoms with van der Waals surface area (Å²) >= 11 is 0. The molecule has 3 N–H and O–H groups in total. The van der Waals surface area contributed by atoms with Crippen molar-refractivity contribution < 1.29 is 27.9 Å². The molecule has 1 aromatic carbocycles. The number of aliphatic hydroxyl groups is 1. The highest BCUT2D eigenvalue weighted by molar-refractivity contribution is 5.96. The zero-order valence-corrected chi connectivity index (χ0v) is 20.1. The van der Waals surface area contributed by atoms with E-state index in [-0.39, 0.29) is 24.1 Å². The fraction of sp³-hybridized carbons (Fsp3) is 0.500. The van der Waals surface area contributed by atoms with Gasteiger partial charge in [0, 0.05) is 36.4 Å². The number of amides is 2. The molecule has 4 rings (SSSR count). The third kappa shape index (κ3) is 6.22. The molecule has 36 heavy (non-hydrogen) atoms. The van der Waals surface area contributed by atoms with Crippen LogP contribution in [0.1, 0.15) is 59.4 Å². The number of hydrogen-bond acceptors (Lipinski definition) is 5. The largest absolute Gasteiger partial charge is 0.416 e. The lowest BCUT2D eigenvalue weighted by molar-refractivity contribution is -0.137. The number of alkyl halides is 3. The van der Waals surface area contributed by atoms with Gasteiger partial charge >= 0.3 is 6.18 Å². The van der Waals surface area contributed by atoms with Gasteiger partial charge in [0.25, 0.3) is 5.91 Å². The molecule has 7 nitrogen and oxygen atoms in total. The minimum Gasteiger partial charge on any atom is -0.384 e. The number of carbonyl (C=O) groups excluding carboxylic acids is 2. The Hall–Kier alpha value is -2.98. The van der Waals surface area contributed by atoms with Crippen molar-refractivity contribution in [2.75, 3.05) is 19.6 Å². The topological polar surface area (TPSA) is 94.6 Å². The molecule has 2 aliphatic rings. The van der Waals surface area contributed by atoms with Crippen LogP contribution in [0, 0.1) is 6.92 Å². The average Bonchev–Trinajstić information content (AvgIpc) is 3.31. The van der Waals surface area contributed by atoms with Gasteiger partial charge in [0.05, 0.1) is 17.8 Å². The number of halogens is 3. The van der Waals surface area contributed by atoms with Crippen LogP contribution in [0.15, 0.2) is 42.5 Å². The van der Waals surface area contributed by atoms with Gasteiger partial charge in [0.2, 0.25) is 5.91 Å². The molecule has 0 radical (unpaired) electrons. The fourth-order valence-electron chi connectivity index (χ4n) is 5.12. The first-order valence-electron chi connectivity index (χ1n) is 12.2. The summed E-state index contributed by atoms with van der Waals surface area (Å²) in [6.45, 7) is 3.10. The molecule has 0 spiro atoms. The number of nitrogens with zero attached hydrogens (tertiary/aromatic N) is 2. The minimum atomic E-state index is -4.55. The number of benzene rings is 1. The second kappa shape index (κ2) is 10.6. The van der Waals surface area contributed by atoms with Gasteiger partial charge in [-0.2, -0.15) is 13.2 Å². The molecule has 1 unspecified atom stereocenters. The van der Waals surface area contributed by atoms with Crippen molar-refractivity contribution in [2.24, 2.45) is 0 Å². The van der Waals surface area contributed by atoms with E-state index in [4.69, 9.17) is 0 Å². The first-order chi connectivity index (χ1) is 17.0. The number of aryl methyl sites for hydroxylation is 1. The molecule has 1 aliphatic heterocycles. The van der Waals surface area contributed by atoms with Gasteiger partial charge in [-0.05, 0) is 69.4 Å². The Labute approximate surface area is 208 Å². The molecule has 1 aromatic heterocycles. The van der Waals surface area contributed by atoms with E-state index >= 15 is 0 Å². The molecule has 1 atom stereocenters. The standard InChI is InChI=1S/C26H31F3N4O3/c1-17-4-2-7-22(31-17)25(36)11-8-21(9-12-25)33-13-10-20(16-33)32-23(34)15-30-24(35)18-5-3-6-19(14-18)26(27,28)29/h2-7,14,20-21,36H,8-13,15-16H2,1H3,(H,30,35)(H,32,34). The molecule has 1 saturated carbocycles. The van der Waals surface area contributed by atoms with Crippen LogP contribution in [0.25, 0.3) is 0 Å². The zero-order valence-electron chi connectivity index (χ0n) is 20.1. The van der Waals surface area contributed by atoms with Gasteiger partial charge in [-0.25, -0.2) is 0 Å². The third-order valence-electron chi connectivity index (χ3n) is 7.11. The van der Waals surface area contributed by atoms with E-state index in [2.05, 4.69) is 20.5 Å². The monoisotopic (exact) mass is 504 g/mol. The van der Waals surface area contributed by atoms with E-state index < -0.39 is 23.2 Å². The van der Waals surface area contributed by atoms with Crippen molar-refractivity contribution in [3.05, 3.63) is 65.0 Å². The Morgan fingerprint density at radius 2 is 1.86 bits per heavy atom. The van der Waals surface area contributed by atoms with Crippen LogP contribution in [0.5, 0.6) is 0 Å². The van der Waals surface area contributed by atoms with Crippen LogP contribution in [0.4, 0.5) is 13.2 Å². The first kappa shape index (κ1) is 26.1. The van der Waals surface area contributed by atoms with Crippen LogP contribution < -0.4 is 10.6 Å². The lowest BCUT2D eigenvalue weighted by Gasteiger charge is -2.39. The number of aromatic nitrogens is 1. The highest BCUT2D eigenvalue weighted by Crippen LogP contribution is 2.38. The number of likely N-dealkylation sites (tertiary alicyclic amines) is 1. The molecule has 10 heteroatoms. The molecule has 1 aliphatic carbocycles. The van der Waals surface area contributed by atoms with Crippen molar-refractivity contribution in [3.8, 4) is 0 Å². The Kier molecular flexibility index (Phi) is 7.65. The van der Waals surface area contributed by atoms with E-state index in [0.717, 1.165) is 55.4 Å². The fourth-order valence-corrected chi connectivity index (χ4v) is 5.12. The summed E-state index contributed by atoms with van der Waals surface area (Å²) in [5.41, 5.74) is -0.371. The van der Waals surface area contributed by atoms with Gasteiger partial charge in [0.1, 0.15) is 5.60 Å². The minimum absolute atomic E-state index is 0.0674. The third-order valence-corrected chi connectivity index (χ3v) is 7.11. The second-order valence-electron chi connectivity index (χ2n) is 9.74. The first-order valence-corrected chi connectivity index (χ1v) is 12.2. The summed E-state index contributed by atoms with van der Waals surface area (Å²) in [6, 6.07) is 10.0. The Bertz CT molecular complexity index is 1100. The summed E-state index contributed by atoms with van der Waals surface area (Å²) in [6.07, 6.45) is -0.851.